The summed E-state index contributed by atoms with van der Waals surface area (Å²) in [4.78, 5) is 55.0. The van der Waals surface area contributed by atoms with E-state index in [4.69, 9.17) is 28.4 Å². The molecule has 1 heterocycles. The van der Waals surface area contributed by atoms with Crippen LogP contribution in [0.3, 0.4) is 0 Å². The molecule has 0 aromatic heterocycles. The third kappa shape index (κ3) is 45.5. The van der Waals surface area contributed by atoms with Crippen molar-refractivity contribution in [3.05, 3.63) is 139 Å². The molecule has 2 aromatic rings. The zero-order chi connectivity index (χ0) is 70.2. The Morgan fingerprint density at radius 1 is 0.367 bits per heavy atom. The van der Waals surface area contributed by atoms with Gasteiger partial charge in [0.25, 0.3) is 0 Å². The fourth-order valence-corrected chi connectivity index (χ4v) is 12.1. The van der Waals surface area contributed by atoms with Crippen molar-refractivity contribution in [2.24, 2.45) is 0 Å². The molecular weight excluding hydrogens is 1220 g/mol. The summed E-state index contributed by atoms with van der Waals surface area (Å²) in [7, 11) is 1.54. The van der Waals surface area contributed by atoms with Crippen LogP contribution in [0.1, 0.15) is 353 Å². The molecule has 0 bridgehead atoms. The van der Waals surface area contributed by atoms with Gasteiger partial charge in [-0.3, -0.25) is 19.2 Å². The predicted molar refractivity (Wildman–Crippen MR) is 411 cm³/mol. The Balaban J connectivity index is 1.77. The van der Waals surface area contributed by atoms with Gasteiger partial charge in [0, 0.05) is 55.4 Å². The summed E-state index contributed by atoms with van der Waals surface area (Å²) in [6.45, 7) is 8.88. The van der Waals surface area contributed by atoms with Crippen molar-refractivity contribution < 1.29 is 47.6 Å². The minimum absolute atomic E-state index is 0.149. The standard InChI is InChI=1S/C88H136O10/c1-6-10-14-18-22-26-30-34-38-42-46-50-54-58-62-66-84(89)94-77-73-80(95-85(90)67-63-59-55-51-47-43-39-35-31-27-23-19-15-11-7-2)78-75-83(97-87(92)69-65-61-57-53-49-45-41-37-33-29-25-21-17-13-9-4)88(98-81(78)74-77)76-70-71-79(93-5)82(72-76)96-86(91)68-64-60-56-52-48-44-40-36-32-28-24-20-16-12-8-3/h11,15,22-24,26-28,34-41,70-74,83,88H,6-10,12-14,16-21,25,29-33,42-69,75H2,1-5H3/b15-11-,26-22-,27-23-,28-24-,38-34-,39-35-,40-36-,41-37-. The maximum Gasteiger partial charge on any atom is 0.311 e. The fraction of sp³-hybridized carbons (Fsp3) is 0.636. The summed E-state index contributed by atoms with van der Waals surface area (Å²) < 4.78 is 37.4. The molecule has 0 radical (unpaired) electrons. The van der Waals surface area contributed by atoms with E-state index in [1.807, 2.05) is 6.07 Å². The van der Waals surface area contributed by atoms with Crippen LogP contribution in [0, 0.1) is 0 Å². The highest BCUT2D eigenvalue weighted by Gasteiger charge is 2.38. The van der Waals surface area contributed by atoms with Crippen molar-refractivity contribution in [1.82, 2.24) is 0 Å². The molecule has 0 saturated heterocycles. The quantitative estimate of drug-likeness (QED) is 0.0274. The maximum absolute atomic E-state index is 14.0. The van der Waals surface area contributed by atoms with Crippen LogP contribution in [0.15, 0.2) is 128 Å². The van der Waals surface area contributed by atoms with E-state index in [1.54, 1.807) is 24.3 Å². The Kier molecular flexibility index (Phi) is 54.4. The van der Waals surface area contributed by atoms with Crippen molar-refractivity contribution in [1.29, 1.82) is 0 Å². The summed E-state index contributed by atoms with van der Waals surface area (Å²) in [5, 5.41) is 0. The molecule has 0 aliphatic carbocycles. The van der Waals surface area contributed by atoms with Gasteiger partial charge in [-0.05, 0) is 160 Å². The lowest BCUT2D eigenvalue weighted by molar-refractivity contribution is -0.155. The van der Waals surface area contributed by atoms with Gasteiger partial charge in [0.15, 0.2) is 17.6 Å². The lowest BCUT2D eigenvalue weighted by Gasteiger charge is -2.34. The molecule has 548 valence electrons. The average molecular weight is 1350 g/mol. The van der Waals surface area contributed by atoms with Gasteiger partial charge in [0.05, 0.1) is 7.11 Å². The SMILES string of the molecule is CC/C=C\C/C=C\C/C=C\CCCCCCCC(=O)Oc1cc(OC(=O)CCCCCCC/C=C\C/C=C\CCCCC)cc2c1CC(OC(=O)CCCCCCC/C=C\CCCCCCCC)C(c1ccc(OC)c(OC(=O)CCCCCCC/C=C\C/C=C\CCCCC)c1)O2. The van der Waals surface area contributed by atoms with Gasteiger partial charge in [0.1, 0.15) is 23.4 Å². The minimum Gasteiger partial charge on any atom is -0.493 e. The molecule has 0 fully saturated rings. The number of unbranched alkanes of at least 4 members (excludes halogenated alkanes) is 32. The molecule has 10 heteroatoms. The van der Waals surface area contributed by atoms with Gasteiger partial charge in [-0.15, -0.1) is 0 Å². The smallest absolute Gasteiger partial charge is 0.311 e. The Labute approximate surface area is 597 Å². The summed E-state index contributed by atoms with van der Waals surface area (Å²) in [5.41, 5.74) is 1.13. The van der Waals surface area contributed by atoms with Crippen LogP contribution in [0.2, 0.25) is 0 Å². The molecule has 2 unspecified atom stereocenters. The van der Waals surface area contributed by atoms with Crippen molar-refractivity contribution >= 4 is 23.9 Å². The molecule has 0 N–H and O–H groups in total. The van der Waals surface area contributed by atoms with Gasteiger partial charge in [-0.1, -0.05) is 266 Å². The number of allylic oxidation sites excluding steroid dienone is 16. The molecule has 2 atom stereocenters. The second kappa shape index (κ2) is 61.9. The summed E-state index contributed by atoms with van der Waals surface area (Å²) in [6.07, 6.45) is 83.1. The number of carbonyl (C=O) groups excluding carboxylic acids is 4. The van der Waals surface area contributed by atoms with E-state index < -0.39 is 18.2 Å². The third-order valence-corrected chi connectivity index (χ3v) is 18.0. The van der Waals surface area contributed by atoms with E-state index in [0.717, 1.165) is 173 Å². The topological polar surface area (TPSA) is 124 Å². The van der Waals surface area contributed by atoms with Crippen LogP contribution in [-0.4, -0.2) is 37.1 Å². The van der Waals surface area contributed by atoms with Crippen LogP contribution in [-0.2, 0) is 30.3 Å². The number of fused-ring (bicyclic) bond motifs is 1. The van der Waals surface area contributed by atoms with Gasteiger partial charge < -0.3 is 28.4 Å². The number of ether oxygens (including phenoxy) is 6. The number of methoxy groups -OCH3 is 1. The molecule has 2 aromatic carbocycles. The highest BCUT2D eigenvalue weighted by atomic mass is 16.6. The van der Waals surface area contributed by atoms with Crippen molar-refractivity contribution in [3.8, 4) is 28.7 Å². The first-order valence-corrected chi connectivity index (χ1v) is 39.8. The minimum atomic E-state index is -0.877. The highest BCUT2D eigenvalue weighted by Crippen LogP contribution is 2.45. The van der Waals surface area contributed by atoms with E-state index in [-0.39, 0.29) is 67.3 Å². The Bertz CT molecular complexity index is 2610. The van der Waals surface area contributed by atoms with Crippen LogP contribution in [0.4, 0.5) is 0 Å². The molecule has 1 aliphatic heterocycles. The number of carbonyl (C=O) groups is 4. The first-order chi connectivity index (χ1) is 48.2. The lowest BCUT2D eigenvalue weighted by Crippen LogP contribution is -2.35. The van der Waals surface area contributed by atoms with Crippen LogP contribution in [0.25, 0.3) is 0 Å². The first-order valence-electron chi connectivity index (χ1n) is 39.8. The molecule has 0 spiro atoms. The van der Waals surface area contributed by atoms with E-state index in [0.29, 0.717) is 48.3 Å². The number of hydrogen-bond acceptors (Lipinski definition) is 10. The monoisotopic (exact) mass is 1350 g/mol. The number of hydrogen-bond donors (Lipinski definition) is 0. The molecular formula is C88H136O10. The number of esters is 4. The first kappa shape index (κ1) is 86.1. The zero-order valence-electron chi connectivity index (χ0n) is 62.5. The van der Waals surface area contributed by atoms with Crippen LogP contribution >= 0.6 is 0 Å². The lowest BCUT2D eigenvalue weighted by atomic mass is 9.93. The van der Waals surface area contributed by atoms with E-state index >= 15 is 0 Å². The normalized spacial score (nSPS) is 14.2. The van der Waals surface area contributed by atoms with Crippen molar-refractivity contribution in [2.75, 3.05) is 7.11 Å². The molecule has 1 aliphatic rings. The summed E-state index contributed by atoms with van der Waals surface area (Å²) >= 11 is 0. The van der Waals surface area contributed by atoms with Gasteiger partial charge in [-0.2, -0.15) is 0 Å². The van der Waals surface area contributed by atoms with Crippen LogP contribution < -0.4 is 23.7 Å². The Morgan fingerprint density at radius 3 is 1.14 bits per heavy atom. The Morgan fingerprint density at radius 2 is 0.714 bits per heavy atom. The highest BCUT2D eigenvalue weighted by molar-refractivity contribution is 5.76. The zero-order valence-corrected chi connectivity index (χ0v) is 62.5. The second-order valence-electron chi connectivity index (χ2n) is 26.9. The predicted octanol–water partition coefficient (Wildman–Crippen LogP) is 26.3. The van der Waals surface area contributed by atoms with Crippen molar-refractivity contribution in [3.63, 3.8) is 0 Å². The molecule has 0 amide bonds. The number of rotatable bonds is 62. The molecule has 0 saturated carbocycles. The molecule has 3 rings (SSSR count). The van der Waals surface area contributed by atoms with E-state index in [2.05, 4.69) is 125 Å². The van der Waals surface area contributed by atoms with Crippen molar-refractivity contribution in [2.45, 2.75) is 355 Å². The third-order valence-electron chi connectivity index (χ3n) is 18.0. The Hall–Kier alpha value is -6.16. The van der Waals surface area contributed by atoms with Gasteiger partial charge in [-0.25, -0.2) is 0 Å². The largest absolute Gasteiger partial charge is 0.493 e. The fourth-order valence-electron chi connectivity index (χ4n) is 12.1. The summed E-state index contributed by atoms with van der Waals surface area (Å²) in [6, 6.07) is 8.57. The summed E-state index contributed by atoms with van der Waals surface area (Å²) in [5.74, 6) is -0.123. The van der Waals surface area contributed by atoms with E-state index in [9.17, 15) is 19.2 Å². The maximum atomic E-state index is 14.0. The van der Waals surface area contributed by atoms with Crippen LogP contribution in [0.5, 0.6) is 28.7 Å². The van der Waals surface area contributed by atoms with Gasteiger partial charge in [0.2, 0.25) is 0 Å². The van der Waals surface area contributed by atoms with E-state index in [1.165, 1.54) is 90.6 Å². The molecule has 98 heavy (non-hydrogen) atoms. The average Bonchev–Trinajstić information content (AvgIpc) is 0.772. The number of benzene rings is 2. The molecule has 10 nitrogen and oxygen atoms in total. The van der Waals surface area contributed by atoms with Gasteiger partial charge >= 0.3 is 23.9 Å². The second-order valence-corrected chi connectivity index (χ2v) is 26.9.